The Morgan fingerprint density at radius 3 is 2.52 bits per heavy atom. The van der Waals surface area contributed by atoms with Gasteiger partial charge in [0, 0.05) is 32.4 Å². The van der Waals surface area contributed by atoms with E-state index in [4.69, 9.17) is 16.3 Å². The van der Waals surface area contributed by atoms with E-state index in [1.54, 1.807) is 0 Å². The average molecular weight is 360 g/mol. The smallest absolute Gasteiger partial charge is 0.137 e. The van der Waals surface area contributed by atoms with Crippen LogP contribution in [0, 0.1) is 0 Å². The maximum absolute atomic E-state index is 6.31. The number of ether oxygens (including phenoxy) is 1. The van der Waals surface area contributed by atoms with Gasteiger partial charge < -0.3 is 4.74 Å². The molecule has 0 atom stereocenters. The summed E-state index contributed by atoms with van der Waals surface area (Å²) in [6.07, 6.45) is 3.05. The van der Waals surface area contributed by atoms with Crippen molar-refractivity contribution in [2.45, 2.75) is 26.4 Å². The van der Waals surface area contributed by atoms with Crippen LogP contribution in [-0.4, -0.2) is 47.6 Å². The maximum atomic E-state index is 6.31. The van der Waals surface area contributed by atoms with Crippen LogP contribution < -0.4 is 4.74 Å². The lowest BCUT2D eigenvalue weighted by molar-refractivity contribution is 0.245. The van der Waals surface area contributed by atoms with Crippen LogP contribution in [0.1, 0.15) is 24.6 Å². The summed E-state index contributed by atoms with van der Waals surface area (Å²) in [5.41, 5.74) is 2.39. The summed E-state index contributed by atoms with van der Waals surface area (Å²) in [6, 6.07) is 12.3. The quantitative estimate of drug-likeness (QED) is 0.783. The van der Waals surface area contributed by atoms with Crippen LogP contribution >= 0.6 is 11.6 Å². The molecule has 0 aliphatic carbocycles. The molecule has 4 nitrogen and oxygen atoms in total. The van der Waals surface area contributed by atoms with Gasteiger partial charge in [0.15, 0.2) is 0 Å². The van der Waals surface area contributed by atoms with Gasteiger partial charge in [-0.15, -0.1) is 0 Å². The molecule has 2 heterocycles. The molecule has 5 heteroatoms. The van der Waals surface area contributed by atoms with Gasteiger partial charge in [0.25, 0.3) is 0 Å². The van der Waals surface area contributed by atoms with Crippen molar-refractivity contribution in [2.24, 2.45) is 0 Å². The normalized spacial score (nSPS) is 16.6. The average Bonchev–Trinajstić information content (AvgIpc) is 2.84. The summed E-state index contributed by atoms with van der Waals surface area (Å²) < 4.78 is 5.51. The second kappa shape index (κ2) is 9.18. The minimum absolute atomic E-state index is 0.636. The van der Waals surface area contributed by atoms with Crippen LogP contribution in [0.3, 0.4) is 0 Å². The third-order valence-corrected chi connectivity index (χ3v) is 4.79. The van der Waals surface area contributed by atoms with Crippen molar-refractivity contribution in [1.82, 2.24) is 14.8 Å². The van der Waals surface area contributed by atoms with E-state index in [9.17, 15) is 0 Å². The van der Waals surface area contributed by atoms with E-state index in [-0.39, 0.29) is 0 Å². The van der Waals surface area contributed by atoms with Crippen molar-refractivity contribution < 1.29 is 4.74 Å². The van der Waals surface area contributed by atoms with Gasteiger partial charge in [0.05, 0.1) is 17.3 Å². The van der Waals surface area contributed by atoms with Crippen LogP contribution in [0.4, 0.5) is 0 Å². The first-order chi connectivity index (χ1) is 12.2. The van der Waals surface area contributed by atoms with E-state index in [2.05, 4.69) is 33.0 Å². The van der Waals surface area contributed by atoms with Crippen LogP contribution in [0.25, 0.3) is 0 Å². The number of benzene rings is 1. The van der Waals surface area contributed by atoms with Gasteiger partial charge >= 0.3 is 0 Å². The minimum Gasteiger partial charge on any atom is -0.492 e. The second-order valence-corrected chi connectivity index (χ2v) is 6.83. The molecule has 0 radical (unpaired) electrons. The molecule has 0 spiro atoms. The highest BCUT2D eigenvalue weighted by Gasteiger charge is 2.16. The second-order valence-electron chi connectivity index (χ2n) is 6.42. The molecule has 2 aromatic rings. The Bertz CT molecular complexity index is 665. The maximum Gasteiger partial charge on any atom is 0.137 e. The van der Waals surface area contributed by atoms with Gasteiger partial charge in [0.1, 0.15) is 5.75 Å². The first-order valence-electron chi connectivity index (χ1n) is 9.00. The zero-order chi connectivity index (χ0) is 17.5. The van der Waals surface area contributed by atoms with Crippen LogP contribution in [0.2, 0.25) is 5.02 Å². The molecule has 3 rings (SSSR count). The van der Waals surface area contributed by atoms with Crippen LogP contribution in [0.5, 0.6) is 5.75 Å². The van der Waals surface area contributed by atoms with E-state index in [1.807, 2.05) is 31.3 Å². The molecule has 1 aromatic carbocycles. The Balaban J connectivity index is 1.54. The van der Waals surface area contributed by atoms with Gasteiger partial charge in [-0.1, -0.05) is 23.7 Å². The zero-order valence-corrected chi connectivity index (χ0v) is 15.6. The first-order valence-corrected chi connectivity index (χ1v) is 9.38. The van der Waals surface area contributed by atoms with E-state index in [0.717, 1.165) is 50.7 Å². The molecule has 0 unspecified atom stereocenters. The largest absolute Gasteiger partial charge is 0.492 e. The number of hydrogen-bond donors (Lipinski definition) is 0. The van der Waals surface area contributed by atoms with Gasteiger partial charge in [-0.25, -0.2) is 0 Å². The molecular formula is C20H26ClN3O. The number of hydrogen-bond acceptors (Lipinski definition) is 4. The number of aromatic nitrogens is 1. The zero-order valence-electron chi connectivity index (χ0n) is 14.8. The fraction of sp³-hybridized carbons (Fsp3) is 0.450. The van der Waals surface area contributed by atoms with Crippen molar-refractivity contribution in [1.29, 1.82) is 0 Å². The fourth-order valence-corrected chi connectivity index (χ4v) is 3.49. The van der Waals surface area contributed by atoms with Crippen molar-refractivity contribution in [3.8, 4) is 5.75 Å². The number of rotatable bonds is 6. The van der Waals surface area contributed by atoms with E-state index in [0.29, 0.717) is 11.6 Å². The van der Waals surface area contributed by atoms with Crippen molar-refractivity contribution >= 4 is 11.6 Å². The molecule has 1 aliphatic rings. The van der Waals surface area contributed by atoms with Crippen molar-refractivity contribution in [3.63, 3.8) is 0 Å². The molecule has 1 aromatic heterocycles. The third kappa shape index (κ3) is 5.43. The molecule has 1 fully saturated rings. The van der Waals surface area contributed by atoms with Gasteiger partial charge in [-0.2, -0.15) is 0 Å². The number of nitrogens with zero attached hydrogens (tertiary/aromatic N) is 3. The highest BCUT2D eigenvalue weighted by molar-refractivity contribution is 6.32. The number of pyridine rings is 1. The molecule has 0 saturated carbocycles. The monoisotopic (exact) mass is 359 g/mol. The fourth-order valence-electron chi connectivity index (χ4n) is 3.23. The molecule has 1 saturated heterocycles. The predicted molar refractivity (Wildman–Crippen MR) is 102 cm³/mol. The molecule has 1 aliphatic heterocycles. The van der Waals surface area contributed by atoms with Crippen LogP contribution in [-0.2, 0) is 13.1 Å². The third-order valence-electron chi connectivity index (χ3n) is 4.50. The first kappa shape index (κ1) is 18.2. The molecular weight excluding hydrogens is 334 g/mol. The Labute approximate surface area is 155 Å². The molecule has 25 heavy (non-hydrogen) atoms. The van der Waals surface area contributed by atoms with E-state index in [1.165, 1.54) is 12.0 Å². The highest BCUT2D eigenvalue weighted by atomic mass is 35.5. The number of halogens is 1. The lowest BCUT2D eigenvalue weighted by atomic mass is 10.2. The molecule has 134 valence electrons. The van der Waals surface area contributed by atoms with Crippen molar-refractivity contribution in [3.05, 3.63) is 58.9 Å². The van der Waals surface area contributed by atoms with E-state index < -0.39 is 0 Å². The Morgan fingerprint density at radius 1 is 1.04 bits per heavy atom. The molecule has 0 bridgehead atoms. The topological polar surface area (TPSA) is 28.6 Å². The summed E-state index contributed by atoms with van der Waals surface area (Å²) in [5.74, 6) is 0.769. The highest BCUT2D eigenvalue weighted by Crippen LogP contribution is 2.26. The lowest BCUT2D eigenvalue weighted by Crippen LogP contribution is -2.30. The van der Waals surface area contributed by atoms with Gasteiger partial charge in [-0.05, 0) is 56.3 Å². The summed E-state index contributed by atoms with van der Waals surface area (Å²) in [6.45, 7) is 8.85. The van der Waals surface area contributed by atoms with Crippen molar-refractivity contribution in [2.75, 3.05) is 32.8 Å². The molecule has 0 N–H and O–H groups in total. The summed E-state index contributed by atoms with van der Waals surface area (Å²) in [4.78, 5) is 9.44. The summed E-state index contributed by atoms with van der Waals surface area (Å²) >= 11 is 6.31. The SMILES string of the molecule is CCOc1ccc(CN2CCCN(Cc3ccccn3)CC2)cc1Cl. The van der Waals surface area contributed by atoms with Crippen LogP contribution in [0.15, 0.2) is 42.6 Å². The minimum atomic E-state index is 0.636. The Kier molecular flexibility index (Phi) is 6.68. The van der Waals surface area contributed by atoms with Gasteiger partial charge in [0.2, 0.25) is 0 Å². The Morgan fingerprint density at radius 2 is 1.84 bits per heavy atom. The summed E-state index contributed by atoms with van der Waals surface area (Å²) in [7, 11) is 0. The summed E-state index contributed by atoms with van der Waals surface area (Å²) in [5, 5.41) is 0.700. The standard InChI is InChI=1S/C20H26ClN3O/c1-2-25-20-8-7-17(14-19(20)21)15-23-10-5-11-24(13-12-23)16-18-6-3-4-9-22-18/h3-4,6-9,14H,2,5,10-13,15-16H2,1H3. The predicted octanol–water partition coefficient (Wildman–Crippen LogP) is 3.84. The molecule has 0 amide bonds. The Hall–Kier alpha value is -1.62. The van der Waals surface area contributed by atoms with Gasteiger partial charge in [-0.3, -0.25) is 14.8 Å². The lowest BCUT2D eigenvalue weighted by Gasteiger charge is -2.22. The van der Waals surface area contributed by atoms with E-state index >= 15 is 0 Å².